The Labute approximate surface area is 375 Å². The monoisotopic (exact) mass is 825 g/mol. The lowest BCUT2D eigenvalue weighted by Crippen LogP contribution is -2.60. The summed E-state index contributed by atoms with van der Waals surface area (Å²) in [5.41, 5.74) is 21.6. The number of aromatic nitrogens is 1. The number of aryl methyl sites for hydroxylation is 1. The molecule has 0 amide bonds. The van der Waals surface area contributed by atoms with Crippen LogP contribution in [0.4, 0.5) is 28.4 Å². The zero-order valence-electron chi connectivity index (χ0n) is 37.0. The van der Waals surface area contributed by atoms with Gasteiger partial charge < -0.3 is 18.7 Å². The predicted molar refractivity (Wildman–Crippen MR) is 270 cm³/mol. The maximum Gasteiger partial charge on any atom is 0.375 e. The highest BCUT2D eigenvalue weighted by molar-refractivity contribution is 6.93. The van der Waals surface area contributed by atoms with Crippen LogP contribution in [-0.4, -0.2) is 11.4 Å². The van der Waals surface area contributed by atoms with Crippen LogP contribution in [0.1, 0.15) is 57.2 Å². The Morgan fingerprint density at radius 1 is 0.562 bits per heavy atom. The lowest BCUT2D eigenvalue weighted by molar-refractivity contribution is 0.332. The summed E-state index contributed by atoms with van der Waals surface area (Å²) >= 11 is 0. The molecule has 5 heteroatoms. The standard InChI is InChI=1S/C59H48BN3O/c1-37-33-46-44-28-26-42(61(40-19-11-7-12-20-40)41-21-13-8-14-22-41)36-51(44)63(43-27-29-48-49(35-43)59(4,5)32-31-58(48,2)3)60-54(46)56-53(37)45-23-15-16-24-50(45)62(56)55-47-34-39(38-17-9-6-10-18-38)25-30-52(47)64-57(55)60/h6-30,33-36H,31-32H2,1-5H3. The van der Waals surface area contributed by atoms with E-state index in [2.05, 4.69) is 225 Å². The number of anilines is 5. The van der Waals surface area contributed by atoms with E-state index < -0.39 is 0 Å². The number of nitrogens with zero attached hydrogens (tertiary/aromatic N) is 3. The van der Waals surface area contributed by atoms with Crippen molar-refractivity contribution in [3.63, 3.8) is 0 Å². The Bertz CT molecular complexity index is 3490. The van der Waals surface area contributed by atoms with Crippen molar-refractivity contribution in [3.8, 4) is 27.9 Å². The third-order valence-electron chi connectivity index (χ3n) is 14.9. The second kappa shape index (κ2) is 13.4. The highest BCUT2D eigenvalue weighted by Gasteiger charge is 2.48. The molecule has 4 nitrogen and oxygen atoms in total. The molecule has 0 spiro atoms. The summed E-state index contributed by atoms with van der Waals surface area (Å²) in [7, 11) is 0. The molecule has 0 N–H and O–H groups in total. The van der Waals surface area contributed by atoms with Crippen LogP contribution in [0.2, 0.25) is 0 Å². The van der Waals surface area contributed by atoms with Crippen molar-refractivity contribution in [2.24, 2.45) is 0 Å². The molecular formula is C59H48BN3O. The minimum Gasteiger partial charge on any atom is -0.466 e. The Kier molecular flexibility index (Phi) is 7.81. The van der Waals surface area contributed by atoms with E-state index in [1.54, 1.807) is 0 Å². The van der Waals surface area contributed by atoms with Gasteiger partial charge in [0, 0.05) is 50.2 Å². The van der Waals surface area contributed by atoms with E-state index in [0.717, 1.165) is 45.8 Å². The highest BCUT2D eigenvalue weighted by atomic mass is 16.3. The van der Waals surface area contributed by atoms with Gasteiger partial charge in [0.2, 0.25) is 0 Å². The van der Waals surface area contributed by atoms with Crippen molar-refractivity contribution in [1.29, 1.82) is 0 Å². The van der Waals surface area contributed by atoms with E-state index in [1.165, 1.54) is 84.0 Å². The molecule has 0 saturated heterocycles. The normalized spacial score (nSPS) is 15.3. The molecule has 0 saturated carbocycles. The molecule has 13 rings (SSSR count). The van der Waals surface area contributed by atoms with Gasteiger partial charge in [0.05, 0.1) is 16.7 Å². The van der Waals surface area contributed by atoms with Crippen LogP contribution >= 0.6 is 0 Å². The fourth-order valence-corrected chi connectivity index (χ4v) is 11.7. The van der Waals surface area contributed by atoms with Crippen LogP contribution in [0.15, 0.2) is 180 Å². The highest BCUT2D eigenvalue weighted by Crippen LogP contribution is 2.52. The fraction of sp³-hybridized carbons (Fsp3) is 0.153. The first-order valence-corrected chi connectivity index (χ1v) is 22.8. The number of hydrogen-bond donors (Lipinski definition) is 0. The Morgan fingerprint density at radius 3 is 1.97 bits per heavy atom. The molecule has 8 aromatic carbocycles. The summed E-state index contributed by atoms with van der Waals surface area (Å²) in [6, 6.07) is 65.0. The molecule has 1 aliphatic carbocycles. The first-order chi connectivity index (χ1) is 31.2. The zero-order chi connectivity index (χ0) is 43.1. The van der Waals surface area contributed by atoms with Gasteiger partial charge in [-0.3, -0.25) is 0 Å². The minimum atomic E-state index is -0.250. The quantitative estimate of drug-likeness (QED) is 0.162. The van der Waals surface area contributed by atoms with E-state index in [1.807, 2.05) is 0 Å². The van der Waals surface area contributed by atoms with Gasteiger partial charge in [-0.05, 0) is 136 Å². The molecule has 0 bridgehead atoms. The zero-order valence-corrected chi connectivity index (χ0v) is 37.0. The summed E-state index contributed by atoms with van der Waals surface area (Å²) in [4.78, 5) is 5.03. The van der Waals surface area contributed by atoms with Crippen LogP contribution in [-0.2, 0) is 10.8 Å². The van der Waals surface area contributed by atoms with Gasteiger partial charge in [-0.1, -0.05) is 137 Å². The Balaban J connectivity index is 1.16. The summed E-state index contributed by atoms with van der Waals surface area (Å²) in [5, 5.41) is 3.70. The molecule has 2 aliphatic heterocycles. The van der Waals surface area contributed by atoms with E-state index in [4.69, 9.17) is 4.42 Å². The number of rotatable bonds is 5. The maximum atomic E-state index is 7.41. The first kappa shape index (κ1) is 37.3. The molecule has 2 aromatic heterocycles. The number of benzene rings is 8. The summed E-state index contributed by atoms with van der Waals surface area (Å²) in [6.07, 6.45) is 2.31. The molecule has 308 valence electrons. The first-order valence-electron chi connectivity index (χ1n) is 22.8. The Morgan fingerprint density at radius 2 is 1.23 bits per heavy atom. The third kappa shape index (κ3) is 5.24. The van der Waals surface area contributed by atoms with Crippen LogP contribution < -0.4 is 20.8 Å². The van der Waals surface area contributed by atoms with Crippen molar-refractivity contribution < 1.29 is 4.42 Å². The fourth-order valence-electron chi connectivity index (χ4n) is 11.7. The summed E-state index contributed by atoms with van der Waals surface area (Å²) < 4.78 is 9.95. The van der Waals surface area contributed by atoms with Crippen molar-refractivity contribution in [3.05, 3.63) is 193 Å². The Hall–Kier alpha value is -7.24. The maximum absolute atomic E-state index is 7.41. The summed E-state index contributed by atoms with van der Waals surface area (Å²) in [5.74, 6) is 0. The molecule has 3 aliphatic rings. The molecule has 0 atom stereocenters. The number of hydrogen-bond acceptors (Lipinski definition) is 3. The minimum absolute atomic E-state index is 0.0262. The van der Waals surface area contributed by atoms with E-state index in [-0.39, 0.29) is 17.7 Å². The number of fused-ring (bicyclic) bond motifs is 11. The second-order valence-electron chi connectivity index (χ2n) is 19.6. The molecule has 4 heterocycles. The van der Waals surface area contributed by atoms with Crippen molar-refractivity contribution in [2.75, 3.05) is 9.71 Å². The lowest BCUT2D eigenvalue weighted by atomic mass is 9.46. The van der Waals surface area contributed by atoms with Crippen molar-refractivity contribution in [2.45, 2.75) is 58.3 Å². The molecule has 0 unspecified atom stereocenters. The molecule has 0 fully saturated rings. The predicted octanol–water partition coefficient (Wildman–Crippen LogP) is 14.6. The van der Waals surface area contributed by atoms with Crippen LogP contribution in [0, 0.1) is 6.92 Å². The van der Waals surface area contributed by atoms with Gasteiger partial charge in [0.1, 0.15) is 11.2 Å². The largest absolute Gasteiger partial charge is 0.466 e. The van der Waals surface area contributed by atoms with Crippen LogP contribution in [0.3, 0.4) is 0 Å². The van der Waals surface area contributed by atoms with Crippen LogP contribution in [0.5, 0.6) is 0 Å². The SMILES string of the molecule is Cc1cc2c3c4c1c1ccccc1n4-c1c(oc4ccc(-c5ccccc5)cc14)B3N(c1ccc3c(c1)C(C)(C)CCC3(C)C)c1cc(N(c3ccccc3)c3ccccc3)ccc1-2. The molecule has 64 heavy (non-hydrogen) atoms. The number of para-hydroxylation sites is 3. The van der Waals surface area contributed by atoms with Gasteiger partial charge in [0.25, 0.3) is 0 Å². The molecule has 0 radical (unpaired) electrons. The summed E-state index contributed by atoms with van der Waals surface area (Å²) in [6.45, 7) is 11.8. The topological polar surface area (TPSA) is 24.6 Å². The molecule has 10 aromatic rings. The average Bonchev–Trinajstić information content (AvgIpc) is 3.88. The average molecular weight is 826 g/mol. The molecular weight excluding hydrogens is 777 g/mol. The van der Waals surface area contributed by atoms with E-state index in [9.17, 15) is 0 Å². The van der Waals surface area contributed by atoms with Crippen molar-refractivity contribution in [1.82, 2.24) is 4.57 Å². The van der Waals surface area contributed by atoms with Gasteiger partial charge in [-0.2, -0.15) is 0 Å². The third-order valence-corrected chi connectivity index (χ3v) is 14.9. The van der Waals surface area contributed by atoms with E-state index in [0.29, 0.717) is 0 Å². The number of furan rings is 1. The smallest absolute Gasteiger partial charge is 0.375 e. The van der Waals surface area contributed by atoms with Gasteiger partial charge in [-0.15, -0.1) is 0 Å². The van der Waals surface area contributed by atoms with Gasteiger partial charge in [-0.25, -0.2) is 0 Å². The van der Waals surface area contributed by atoms with Crippen molar-refractivity contribution >= 4 is 79.2 Å². The van der Waals surface area contributed by atoms with Crippen LogP contribution in [0.25, 0.3) is 60.7 Å². The van der Waals surface area contributed by atoms with Gasteiger partial charge in [0.15, 0.2) is 0 Å². The van der Waals surface area contributed by atoms with E-state index >= 15 is 0 Å². The second-order valence-corrected chi connectivity index (χ2v) is 19.6. The lowest BCUT2D eigenvalue weighted by Gasteiger charge is -2.44. The van der Waals surface area contributed by atoms with Gasteiger partial charge >= 0.3 is 6.85 Å².